The van der Waals surface area contributed by atoms with Gasteiger partial charge in [-0.05, 0) is 30.3 Å². The average Bonchev–Trinajstić information content (AvgIpc) is 2.54. The van der Waals surface area contributed by atoms with Gasteiger partial charge < -0.3 is 9.50 Å². The van der Waals surface area contributed by atoms with Crippen molar-refractivity contribution in [2.24, 2.45) is 0 Å². The van der Waals surface area contributed by atoms with E-state index in [1.165, 1.54) is 13.0 Å². The number of alkyl halides is 3. The smallest absolute Gasteiger partial charge is 0.376 e. The van der Waals surface area contributed by atoms with Crippen LogP contribution in [-0.4, -0.2) is 19.8 Å². The molecule has 0 unspecified atom stereocenters. The van der Waals surface area contributed by atoms with E-state index in [0.717, 1.165) is 12.1 Å². The Bertz CT molecular complexity index is 975. The highest BCUT2D eigenvalue weighted by molar-refractivity contribution is 7.88. The molecule has 0 spiro atoms. The molecule has 2 rings (SSSR count). The summed E-state index contributed by atoms with van der Waals surface area (Å²) >= 11 is 0. The molecular formula is C17H12F3NO4S. The predicted octanol–water partition coefficient (Wildman–Crippen LogP) is 3.27. The Hall–Kier alpha value is -2.99. The topological polar surface area (TPSA) is 72.5 Å². The lowest BCUT2D eigenvalue weighted by Gasteiger charge is -2.11. The molecule has 2 aromatic rings. The highest BCUT2D eigenvalue weighted by Crippen LogP contribution is 2.29. The number of hydrogen-bond donors (Lipinski definition) is 1. The van der Waals surface area contributed by atoms with Gasteiger partial charge in [0, 0.05) is 12.5 Å². The predicted molar refractivity (Wildman–Crippen MR) is 88.8 cm³/mol. The summed E-state index contributed by atoms with van der Waals surface area (Å²) in [4.78, 5) is 11.2. The molecule has 0 bridgehead atoms. The largest absolute Gasteiger partial charge is 0.534 e. The molecule has 0 radical (unpaired) electrons. The third kappa shape index (κ3) is 5.00. The van der Waals surface area contributed by atoms with Gasteiger partial charge in [-0.25, -0.2) is 0 Å². The summed E-state index contributed by atoms with van der Waals surface area (Å²) in [5.41, 5.74) is -4.63. The summed E-state index contributed by atoms with van der Waals surface area (Å²) in [5, 5.41) is 2.46. The van der Waals surface area contributed by atoms with Crippen LogP contribution in [0, 0.1) is 11.8 Å². The number of rotatable bonds is 3. The number of carbonyl (C=O) groups excluding carboxylic acids is 1. The van der Waals surface area contributed by atoms with Crippen molar-refractivity contribution < 1.29 is 30.6 Å². The SMILES string of the molecule is CC(=O)Nc1ccc(OS(=O)(=O)C(F)(F)F)cc1C#Cc1ccccc1. The average molecular weight is 383 g/mol. The Balaban J connectivity index is 2.43. The van der Waals surface area contributed by atoms with Crippen molar-refractivity contribution in [2.45, 2.75) is 12.4 Å². The molecule has 0 saturated heterocycles. The van der Waals surface area contributed by atoms with Gasteiger partial charge in [-0.2, -0.15) is 21.6 Å². The monoisotopic (exact) mass is 383 g/mol. The van der Waals surface area contributed by atoms with Crippen LogP contribution in [0.15, 0.2) is 48.5 Å². The van der Waals surface area contributed by atoms with Crippen molar-refractivity contribution in [3.05, 3.63) is 59.7 Å². The lowest BCUT2D eigenvalue weighted by molar-refractivity contribution is -0.114. The summed E-state index contributed by atoms with van der Waals surface area (Å²) in [5.74, 6) is 4.44. The molecular weight excluding hydrogens is 371 g/mol. The number of nitrogens with one attached hydrogen (secondary N) is 1. The first-order chi connectivity index (χ1) is 12.1. The molecule has 136 valence electrons. The van der Waals surface area contributed by atoms with Gasteiger partial charge in [0.05, 0.1) is 11.3 Å². The van der Waals surface area contributed by atoms with Crippen molar-refractivity contribution in [3.63, 3.8) is 0 Å². The molecule has 0 aliphatic rings. The van der Waals surface area contributed by atoms with Gasteiger partial charge in [-0.1, -0.05) is 30.0 Å². The van der Waals surface area contributed by atoms with Gasteiger partial charge in [0.2, 0.25) is 5.91 Å². The molecule has 0 aliphatic carbocycles. The third-order valence-corrected chi connectivity index (χ3v) is 3.89. The number of halogens is 3. The molecule has 26 heavy (non-hydrogen) atoms. The van der Waals surface area contributed by atoms with E-state index >= 15 is 0 Å². The maximum absolute atomic E-state index is 12.4. The highest BCUT2D eigenvalue weighted by atomic mass is 32.2. The summed E-state index contributed by atoms with van der Waals surface area (Å²) < 4.78 is 63.7. The van der Waals surface area contributed by atoms with Gasteiger partial charge >= 0.3 is 15.6 Å². The Morgan fingerprint density at radius 3 is 2.31 bits per heavy atom. The van der Waals surface area contributed by atoms with Crippen LogP contribution in [0.5, 0.6) is 5.75 Å². The Morgan fingerprint density at radius 2 is 1.73 bits per heavy atom. The Labute approximate surface area is 147 Å². The van der Waals surface area contributed by atoms with Crippen LogP contribution in [0.4, 0.5) is 18.9 Å². The van der Waals surface area contributed by atoms with E-state index in [1.807, 2.05) is 0 Å². The zero-order valence-corrected chi connectivity index (χ0v) is 14.1. The van der Waals surface area contributed by atoms with Gasteiger partial charge in [-0.15, -0.1) is 0 Å². The first kappa shape index (κ1) is 19.3. The molecule has 0 atom stereocenters. The highest BCUT2D eigenvalue weighted by Gasteiger charge is 2.48. The van der Waals surface area contributed by atoms with Crippen molar-refractivity contribution in [3.8, 4) is 17.6 Å². The van der Waals surface area contributed by atoms with Crippen LogP contribution in [0.3, 0.4) is 0 Å². The normalized spacial score (nSPS) is 11.2. The van der Waals surface area contributed by atoms with Crippen LogP contribution in [0.1, 0.15) is 18.1 Å². The molecule has 0 saturated carbocycles. The number of amides is 1. The van der Waals surface area contributed by atoms with Gasteiger partial charge in [0.1, 0.15) is 5.75 Å². The molecule has 0 aliphatic heterocycles. The molecule has 2 aromatic carbocycles. The van der Waals surface area contributed by atoms with E-state index in [2.05, 4.69) is 21.3 Å². The zero-order valence-electron chi connectivity index (χ0n) is 13.3. The quantitative estimate of drug-likeness (QED) is 0.502. The van der Waals surface area contributed by atoms with Crippen LogP contribution in [0.2, 0.25) is 0 Å². The summed E-state index contributed by atoms with van der Waals surface area (Å²) in [6, 6.07) is 11.9. The number of hydrogen-bond acceptors (Lipinski definition) is 4. The van der Waals surface area contributed by atoms with E-state index < -0.39 is 27.3 Å². The van der Waals surface area contributed by atoms with Crippen molar-refractivity contribution >= 4 is 21.7 Å². The van der Waals surface area contributed by atoms with E-state index in [1.54, 1.807) is 30.3 Å². The molecule has 0 heterocycles. The fourth-order valence-electron chi connectivity index (χ4n) is 1.81. The van der Waals surface area contributed by atoms with Crippen molar-refractivity contribution in [1.82, 2.24) is 0 Å². The first-order valence-electron chi connectivity index (χ1n) is 7.08. The Kier molecular flexibility index (Phi) is 5.57. The first-order valence-corrected chi connectivity index (χ1v) is 8.49. The standard InChI is InChI=1S/C17H12F3NO4S/c1-12(22)21-16-10-9-15(25-26(23,24)17(18,19)20)11-14(16)8-7-13-5-3-2-4-6-13/h2-6,9-11H,1H3,(H,21,22). The zero-order chi connectivity index (χ0) is 19.4. The number of carbonyl (C=O) groups is 1. The van der Waals surface area contributed by atoms with Gasteiger partial charge in [0.25, 0.3) is 0 Å². The summed E-state index contributed by atoms with van der Waals surface area (Å²) in [6.45, 7) is 1.24. The summed E-state index contributed by atoms with van der Waals surface area (Å²) in [7, 11) is -5.81. The minimum atomic E-state index is -5.81. The van der Waals surface area contributed by atoms with Crippen LogP contribution in [-0.2, 0) is 14.9 Å². The molecule has 1 amide bonds. The lowest BCUT2D eigenvalue weighted by Crippen LogP contribution is -2.28. The van der Waals surface area contributed by atoms with E-state index in [9.17, 15) is 26.4 Å². The second-order valence-corrected chi connectivity index (χ2v) is 6.53. The number of anilines is 1. The molecule has 5 nitrogen and oxygen atoms in total. The molecule has 1 N–H and O–H groups in total. The van der Waals surface area contributed by atoms with Gasteiger partial charge in [0.15, 0.2) is 0 Å². The fourth-order valence-corrected chi connectivity index (χ4v) is 2.26. The molecule has 9 heteroatoms. The fraction of sp³-hybridized carbons (Fsp3) is 0.118. The minimum absolute atomic E-state index is 0.0962. The van der Waals surface area contributed by atoms with E-state index in [4.69, 9.17) is 0 Å². The van der Waals surface area contributed by atoms with Crippen LogP contribution >= 0.6 is 0 Å². The second kappa shape index (κ2) is 7.49. The Morgan fingerprint density at radius 1 is 1.08 bits per heavy atom. The second-order valence-electron chi connectivity index (χ2n) is 4.99. The number of benzene rings is 2. The van der Waals surface area contributed by atoms with Gasteiger partial charge in [-0.3, -0.25) is 4.79 Å². The van der Waals surface area contributed by atoms with E-state index in [-0.39, 0.29) is 11.3 Å². The summed E-state index contributed by atoms with van der Waals surface area (Å²) in [6.07, 6.45) is 0. The maximum atomic E-state index is 12.4. The molecule has 0 fully saturated rings. The van der Waals surface area contributed by atoms with Crippen LogP contribution < -0.4 is 9.50 Å². The van der Waals surface area contributed by atoms with Crippen molar-refractivity contribution in [2.75, 3.05) is 5.32 Å². The third-order valence-electron chi connectivity index (χ3n) is 2.91. The van der Waals surface area contributed by atoms with Crippen molar-refractivity contribution in [1.29, 1.82) is 0 Å². The lowest BCUT2D eigenvalue weighted by atomic mass is 10.1. The molecule has 0 aromatic heterocycles. The minimum Gasteiger partial charge on any atom is -0.376 e. The maximum Gasteiger partial charge on any atom is 0.534 e. The van der Waals surface area contributed by atoms with Crippen LogP contribution in [0.25, 0.3) is 0 Å². The van der Waals surface area contributed by atoms with E-state index in [0.29, 0.717) is 5.56 Å².